The van der Waals surface area contributed by atoms with Gasteiger partial charge in [-0.2, -0.15) is 11.8 Å². The molecule has 0 radical (unpaired) electrons. The van der Waals surface area contributed by atoms with E-state index in [1.165, 1.54) is 11.3 Å². The number of nitrogens with zero attached hydrogens (tertiary/aromatic N) is 3. The standard InChI is InChI=1S/C16H17N3OS2/c1-4-9-19(14(20)7-10-21-3)16-12(2)18-15(22-16)13-6-5-8-17-11-13/h1,5-6,8,11H,7,9-10H2,2-3H3. The summed E-state index contributed by atoms with van der Waals surface area (Å²) in [6.07, 6.45) is 11.4. The third kappa shape index (κ3) is 3.87. The molecule has 0 aliphatic rings. The van der Waals surface area contributed by atoms with Gasteiger partial charge in [-0.05, 0) is 25.3 Å². The molecule has 114 valence electrons. The summed E-state index contributed by atoms with van der Waals surface area (Å²) >= 11 is 3.12. The summed E-state index contributed by atoms with van der Waals surface area (Å²) in [5.74, 6) is 3.39. The largest absolute Gasteiger partial charge is 0.290 e. The fraction of sp³-hybridized carbons (Fsp3) is 0.312. The summed E-state index contributed by atoms with van der Waals surface area (Å²) in [5.41, 5.74) is 1.76. The lowest BCUT2D eigenvalue weighted by Gasteiger charge is -2.18. The first-order valence-electron chi connectivity index (χ1n) is 6.78. The zero-order valence-electron chi connectivity index (χ0n) is 12.6. The second-order valence-electron chi connectivity index (χ2n) is 4.58. The molecule has 0 spiro atoms. The Kier molecular flexibility index (Phi) is 5.99. The summed E-state index contributed by atoms with van der Waals surface area (Å²) in [4.78, 5) is 22.7. The summed E-state index contributed by atoms with van der Waals surface area (Å²) in [6, 6.07) is 3.82. The Labute approximate surface area is 139 Å². The lowest BCUT2D eigenvalue weighted by atomic mass is 10.3. The lowest BCUT2D eigenvalue weighted by Crippen LogP contribution is -2.31. The van der Waals surface area contributed by atoms with Crippen LogP contribution < -0.4 is 4.90 Å². The number of terminal acetylenes is 1. The van der Waals surface area contributed by atoms with E-state index in [0.717, 1.165) is 27.0 Å². The van der Waals surface area contributed by atoms with Crippen LogP contribution in [0.5, 0.6) is 0 Å². The number of hydrogen-bond acceptors (Lipinski definition) is 5. The van der Waals surface area contributed by atoms with Crippen LogP contribution in [0.1, 0.15) is 12.1 Å². The molecule has 22 heavy (non-hydrogen) atoms. The van der Waals surface area contributed by atoms with E-state index in [1.54, 1.807) is 29.1 Å². The molecule has 4 nitrogen and oxygen atoms in total. The van der Waals surface area contributed by atoms with Gasteiger partial charge in [0.1, 0.15) is 10.0 Å². The van der Waals surface area contributed by atoms with Gasteiger partial charge in [0.2, 0.25) is 5.91 Å². The quantitative estimate of drug-likeness (QED) is 0.763. The van der Waals surface area contributed by atoms with Crippen molar-refractivity contribution in [2.24, 2.45) is 0 Å². The molecule has 1 amide bonds. The van der Waals surface area contributed by atoms with Gasteiger partial charge in [0, 0.05) is 30.1 Å². The van der Waals surface area contributed by atoms with E-state index in [2.05, 4.69) is 15.9 Å². The van der Waals surface area contributed by atoms with Crippen molar-refractivity contribution in [1.29, 1.82) is 0 Å². The molecule has 2 heterocycles. The molecule has 2 aromatic rings. The van der Waals surface area contributed by atoms with Crippen molar-refractivity contribution >= 4 is 34.0 Å². The summed E-state index contributed by atoms with van der Waals surface area (Å²) in [5, 5.41) is 1.67. The molecule has 0 saturated carbocycles. The maximum Gasteiger partial charge on any atom is 0.229 e. The van der Waals surface area contributed by atoms with E-state index in [9.17, 15) is 4.79 Å². The summed E-state index contributed by atoms with van der Waals surface area (Å²) < 4.78 is 0. The Hall–Kier alpha value is -1.84. The van der Waals surface area contributed by atoms with Crippen LogP contribution in [0.25, 0.3) is 10.6 Å². The van der Waals surface area contributed by atoms with Crippen molar-refractivity contribution in [2.45, 2.75) is 13.3 Å². The van der Waals surface area contributed by atoms with Gasteiger partial charge in [0.15, 0.2) is 0 Å². The molecular weight excluding hydrogens is 314 g/mol. The van der Waals surface area contributed by atoms with Gasteiger partial charge in [-0.15, -0.1) is 6.42 Å². The number of carbonyl (C=O) groups excluding carboxylic acids is 1. The van der Waals surface area contributed by atoms with Crippen molar-refractivity contribution < 1.29 is 4.79 Å². The molecule has 0 aliphatic carbocycles. The second-order valence-corrected chi connectivity index (χ2v) is 6.54. The maximum atomic E-state index is 12.4. The molecule has 0 aromatic carbocycles. The molecule has 0 bridgehead atoms. The van der Waals surface area contributed by atoms with Gasteiger partial charge in [-0.25, -0.2) is 4.98 Å². The van der Waals surface area contributed by atoms with Crippen LogP contribution in [0, 0.1) is 19.3 Å². The van der Waals surface area contributed by atoms with Crippen LogP contribution in [0.2, 0.25) is 0 Å². The number of aryl methyl sites for hydroxylation is 1. The van der Waals surface area contributed by atoms with E-state index < -0.39 is 0 Å². The van der Waals surface area contributed by atoms with Crippen LogP contribution in [0.15, 0.2) is 24.5 Å². The molecule has 0 fully saturated rings. The maximum absolute atomic E-state index is 12.4. The van der Waals surface area contributed by atoms with Crippen molar-refractivity contribution in [1.82, 2.24) is 9.97 Å². The Morgan fingerprint density at radius 1 is 1.55 bits per heavy atom. The van der Waals surface area contributed by atoms with Gasteiger partial charge in [-0.1, -0.05) is 17.3 Å². The van der Waals surface area contributed by atoms with Crippen LogP contribution in [-0.2, 0) is 4.79 Å². The van der Waals surface area contributed by atoms with Crippen molar-refractivity contribution in [3.63, 3.8) is 0 Å². The van der Waals surface area contributed by atoms with Crippen molar-refractivity contribution in [2.75, 3.05) is 23.5 Å². The first kappa shape index (κ1) is 16.5. The number of hydrogen-bond donors (Lipinski definition) is 0. The monoisotopic (exact) mass is 331 g/mol. The van der Waals surface area contributed by atoms with Gasteiger partial charge in [0.25, 0.3) is 0 Å². The van der Waals surface area contributed by atoms with E-state index in [0.29, 0.717) is 6.42 Å². The minimum atomic E-state index is 0.0387. The van der Waals surface area contributed by atoms with E-state index >= 15 is 0 Å². The second kappa shape index (κ2) is 7.97. The number of thioether (sulfide) groups is 1. The summed E-state index contributed by atoms with van der Waals surface area (Å²) in [7, 11) is 0. The number of amides is 1. The number of anilines is 1. The van der Waals surface area contributed by atoms with Gasteiger partial charge in [0.05, 0.1) is 12.2 Å². The molecule has 0 atom stereocenters. The zero-order valence-corrected chi connectivity index (χ0v) is 14.2. The molecule has 0 N–H and O–H groups in total. The van der Waals surface area contributed by atoms with Crippen LogP contribution in [0.4, 0.5) is 5.00 Å². The Balaban J connectivity index is 2.31. The van der Waals surface area contributed by atoms with E-state index in [1.807, 2.05) is 25.3 Å². The molecule has 2 aromatic heterocycles. The van der Waals surface area contributed by atoms with Crippen LogP contribution in [0.3, 0.4) is 0 Å². The summed E-state index contributed by atoms with van der Waals surface area (Å²) in [6.45, 7) is 2.17. The number of pyridine rings is 1. The molecule has 0 unspecified atom stereocenters. The first-order chi connectivity index (χ1) is 10.7. The predicted octanol–water partition coefficient (Wildman–Crippen LogP) is 3.23. The van der Waals surface area contributed by atoms with Gasteiger partial charge < -0.3 is 0 Å². The van der Waals surface area contributed by atoms with Gasteiger partial charge in [-0.3, -0.25) is 14.7 Å². The Bertz CT molecular complexity index is 676. The number of aromatic nitrogens is 2. The minimum Gasteiger partial charge on any atom is -0.290 e. The fourth-order valence-electron chi connectivity index (χ4n) is 1.94. The Morgan fingerprint density at radius 3 is 3.00 bits per heavy atom. The molecule has 0 aliphatic heterocycles. The van der Waals surface area contributed by atoms with E-state index in [-0.39, 0.29) is 12.5 Å². The van der Waals surface area contributed by atoms with Gasteiger partial charge >= 0.3 is 0 Å². The van der Waals surface area contributed by atoms with Crippen LogP contribution >= 0.6 is 23.1 Å². The Morgan fingerprint density at radius 2 is 2.36 bits per heavy atom. The average molecular weight is 331 g/mol. The minimum absolute atomic E-state index is 0.0387. The predicted molar refractivity (Wildman–Crippen MR) is 94.3 cm³/mol. The van der Waals surface area contributed by atoms with Crippen LogP contribution in [-0.4, -0.2) is 34.4 Å². The molecule has 2 rings (SSSR count). The van der Waals surface area contributed by atoms with Crippen molar-refractivity contribution in [3.8, 4) is 22.9 Å². The molecule has 6 heteroatoms. The first-order valence-corrected chi connectivity index (χ1v) is 8.99. The number of rotatable bonds is 6. The normalized spacial score (nSPS) is 10.2. The highest BCUT2D eigenvalue weighted by Crippen LogP contribution is 2.34. The highest BCUT2D eigenvalue weighted by Gasteiger charge is 2.20. The smallest absolute Gasteiger partial charge is 0.229 e. The average Bonchev–Trinajstić information content (AvgIpc) is 2.93. The SMILES string of the molecule is C#CCN(C(=O)CCSC)c1sc(-c2cccnc2)nc1C. The highest BCUT2D eigenvalue weighted by atomic mass is 32.2. The highest BCUT2D eigenvalue weighted by molar-refractivity contribution is 7.98. The number of carbonyl (C=O) groups is 1. The van der Waals surface area contributed by atoms with E-state index in [4.69, 9.17) is 6.42 Å². The third-order valence-corrected chi connectivity index (χ3v) is 4.84. The molecular formula is C16H17N3OS2. The lowest BCUT2D eigenvalue weighted by molar-refractivity contribution is -0.118. The topological polar surface area (TPSA) is 46.1 Å². The van der Waals surface area contributed by atoms with Crippen molar-refractivity contribution in [3.05, 3.63) is 30.2 Å². The number of thiazole rings is 1. The third-order valence-electron chi connectivity index (χ3n) is 3.00. The zero-order chi connectivity index (χ0) is 15.9. The fourth-order valence-corrected chi connectivity index (χ4v) is 3.39. The molecule has 0 saturated heterocycles.